The van der Waals surface area contributed by atoms with Crippen molar-refractivity contribution in [2.45, 2.75) is 5.41 Å². The third kappa shape index (κ3) is 5.76. The quantitative estimate of drug-likeness (QED) is 0.155. The van der Waals surface area contributed by atoms with Gasteiger partial charge in [-0.2, -0.15) is 0 Å². The highest BCUT2D eigenvalue weighted by Crippen LogP contribution is 2.59. The minimum Gasteiger partial charge on any atom is -0.310 e. The molecule has 0 saturated carbocycles. The fourth-order valence-electron chi connectivity index (χ4n) is 11.5. The van der Waals surface area contributed by atoms with E-state index in [1.165, 1.54) is 103 Å². The zero-order valence-electron chi connectivity index (χ0n) is 37.1. The van der Waals surface area contributed by atoms with Crippen LogP contribution in [0, 0.1) is 0 Å². The van der Waals surface area contributed by atoms with Gasteiger partial charge in [0.05, 0.1) is 22.1 Å². The van der Waals surface area contributed by atoms with E-state index in [0.29, 0.717) is 0 Å². The van der Waals surface area contributed by atoms with Gasteiger partial charge >= 0.3 is 0 Å². The molecule has 13 aromatic rings. The Morgan fingerprint density at radius 1 is 0.368 bits per heavy atom. The molecule has 2 aromatic heterocycles. The Balaban J connectivity index is 0.924. The van der Waals surface area contributed by atoms with Gasteiger partial charge in [0.15, 0.2) is 0 Å². The summed E-state index contributed by atoms with van der Waals surface area (Å²) in [7, 11) is 0. The summed E-state index contributed by atoms with van der Waals surface area (Å²) in [4.78, 5) is 2.47. The van der Waals surface area contributed by atoms with Crippen molar-refractivity contribution in [3.8, 4) is 27.9 Å². The molecule has 1 aliphatic rings. The van der Waals surface area contributed by atoms with E-state index in [0.717, 1.165) is 17.1 Å². The Hall–Kier alpha value is -8.50. The summed E-state index contributed by atoms with van der Waals surface area (Å²) in [6, 6.07) is 94.3. The number of hydrogen-bond donors (Lipinski definition) is 0. The molecule has 0 N–H and O–H groups in total. The predicted octanol–water partition coefficient (Wildman–Crippen LogP) is 17.8. The Morgan fingerprint density at radius 2 is 0.971 bits per heavy atom. The van der Waals surface area contributed by atoms with E-state index in [1.54, 1.807) is 0 Å². The van der Waals surface area contributed by atoms with E-state index in [4.69, 9.17) is 0 Å². The van der Waals surface area contributed by atoms with Gasteiger partial charge in [-0.3, -0.25) is 0 Å². The second-order valence-electron chi connectivity index (χ2n) is 18.0. The average Bonchev–Trinajstić information content (AvgIpc) is 4.04. The van der Waals surface area contributed by atoms with Crippen molar-refractivity contribution < 1.29 is 0 Å². The van der Waals surface area contributed by atoms with Gasteiger partial charge < -0.3 is 9.47 Å². The molecule has 2 heterocycles. The number of fused-ring (bicyclic) bond motifs is 10. The maximum absolute atomic E-state index is 2.47. The van der Waals surface area contributed by atoms with E-state index in [9.17, 15) is 0 Å². The Morgan fingerprint density at radius 3 is 1.72 bits per heavy atom. The van der Waals surface area contributed by atoms with Crippen molar-refractivity contribution >= 4 is 81.1 Å². The summed E-state index contributed by atoms with van der Waals surface area (Å²) in [6.45, 7) is 0. The van der Waals surface area contributed by atoms with Crippen LogP contribution in [0.4, 0.5) is 17.1 Å². The van der Waals surface area contributed by atoms with Crippen LogP contribution in [0.2, 0.25) is 0 Å². The summed E-state index contributed by atoms with van der Waals surface area (Å²) >= 11 is 1.87. The number of hydrogen-bond acceptors (Lipinski definition) is 2. The van der Waals surface area contributed by atoms with Crippen molar-refractivity contribution in [3.05, 3.63) is 277 Å². The van der Waals surface area contributed by atoms with Crippen LogP contribution in [-0.4, -0.2) is 4.57 Å². The van der Waals surface area contributed by atoms with E-state index >= 15 is 0 Å². The number of nitrogens with zero attached hydrogens (tertiary/aromatic N) is 2. The number of aromatic nitrogens is 1. The minimum absolute atomic E-state index is 0.488. The third-order valence-electron chi connectivity index (χ3n) is 14.4. The van der Waals surface area contributed by atoms with Crippen molar-refractivity contribution in [1.82, 2.24) is 4.57 Å². The zero-order valence-corrected chi connectivity index (χ0v) is 37.9. The summed E-state index contributed by atoms with van der Waals surface area (Å²) < 4.78 is 4.96. The Kier molecular flexibility index (Phi) is 8.71. The number of thiophene rings is 1. The molecule has 3 heteroatoms. The lowest BCUT2D eigenvalue weighted by Crippen LogP contribution is -2.28. The molecule has 68 heavy (non-hydrogen) atoms. The first-order valence-corrected chi connectivity index (χ1v) is 24.2. The van der Waals surface area contributed by atoms with Crippen LogP contribution in [0.5, 0.6) is 0 Å². The van der Waals surface area contributed by atoms with E-state index in [1.807, 2.05) is 11.3 Å². The molecule has 0 aliphatic heterocycles. The fraction of sp³-hybridized carbons (Fsp3) is 0.0154. The van der Waals surface area contributed by atoms with E-state index < -0.39 is 5.41 Å². The Labute approximate surface area is 398 Å². The first kappa shape index (κ1) is 38.7. The summed E-state index contributed by atoms with van der Waals surface area (Å²) in [5, 5.41) is 7.57. The van der Waals surface area contributed by atoms with Crippen LogP contribution in [-0.2, 0) is 5.41 Å². The van der Waals surface area contributed by atoms with Crippen LogP contribution in [0.15, 0.2) is 255 Å². The number of anilines is 3. The van der Waals surface area contributed by atoms with Crippen molar-refractivity contribution in [2.75, 3.05) is 4.90 Å². The summed E-state index contributed by atoms with van der Waals surface area (Å²) in [5.41, 5.74) is 16.6. The van der Waals surface area contributed by atoms with Gasteiger partial charge in [0.2, 0.25) is 0 Å². The third-order valence-corrected chi connectivity index (χ3v) is 15.5. The van der Waals surface area contributed by atoms with Gasteiger partial charge in [0.25, 0.3) is 0 Å². The number of para-hydroxylation sites is 2. The van der Waals surface area contributed by atoms with Gasteiger partial charge in [0, 0.05) is 53.6 Å². The highest BCUT2D eigenvalue weighted by molar-refractivity contribution is 7.25. The molecule has 0 radical (unpaired) electrons. The molecule has 0 fully saturated rings. The molecule has 318 valence electrons. The van der Waals surface area contributed by atoms with Crippen LogP contribution < -0.4 is 4.90 Å². The highest BCUT2D eigenvalue weighted by atomic mass is 32.1. The van der Waals surface area contributed by atoms with Crippen molar-refractivity contribution in [2.24, 2.45) is 0 Å². The molecular formula is C65H42N2S. The molecule has 0 amide bonds. The lowest BCUT2D eigenvalue weighted by molar-refractivity contribution is 0.768. The maximum atomic E-state index is 2.47. The lowest BCUT2D eigenvalue weighted by atomic mass is 9.68. The van der Waals surface area contributed by atoms with E-state index in [-0.39, 0.29) is 0 Å². The minimum atomic E-state index is -0.488. The molecule has 11 aromatic carbocycles. The average molecular weight is 883 g/mol. The van der Waals surface area contributed by atoms with Gasteiger partial charge in [-0.1, -0.05) is 176 Å². The van der Waals surface area contributed by atoms with Gasteiger partial charge in [-0.15, -0.1) is 11.3 Å². The topological polar surface area (TPSA) is 8.17 Å². The normalized spacial score (nSPS) is 12.8. The maximum Gasteiger partial charge on any atom is 0.0714 e. The Bertz CT molecular complexity index is 4040. The molecular weight excluding hydrogens is 841 g/mol. The highest BCUT2D eigenvalue weighted by Gasteiger charge is 2.47. The molecule has 2 nitrogen and oxygen atoms in total. The van der Waals surface area contributed by atoms with Gasteiger partial charge in [-0.05, 0) is 129 Å². The summed E-state index contributed by atoms with van der Waals surface area (Å²) in [5.74, 6) is 0. The smallest absolute Gasteiger partial charge is 0.0714 e. The lowest BCUT2D eigenvalue weighted by Gasteiger charge is -2.34. The first-order chi connectivity index (χ1) is 33.7. The molecule has 0 atom stereocenters. The van der Waals surface area contributed by atoms with Gasteiger partial charge in [0.1, 0.15) is 0 Å². The summed E-state index contributed by atoms with van der Waals surface area (Å²) in [6.07, 6.45) is 0. The second kappa shape index (κ2) is 15.3. The second-order valence-corrected chi connectivity index (χ2v) is 19.1. The molecule has 1 aliphatic carbocycles. The number of benzene rings is 11. The van der Waals surface area contributed by atoms with Crippen LogP contribution in [0.25, 0.3) is 80.7 Å². The molecule has 14 rings (SSSR count). The molecule has 0 spiro atoms. The van der Waals surface area contributed by atoms with Crippen LogP contribution in [0.1, 0.15) is 22.3 Å². The first-order valence-electron chi connectivity index (χ1n) is 23.4. The molecule has 0 saturated heterocycles. The monoisotopic (exact) mass is 882 g/mol. The van der Waals surface area contributed by atoms with Crippen molar-refractivity contribution in [3.63, 3.8) is 0 Å². The number of rotatable bonds is 7. The fourth-order valence-corrected chi connectivity index (χ4v) is 12.6. The molecule has 0 unspecified atom stereocenters. The standard InChI is InChI=1S/C65H42N2S/c1-5-20-47(21-6-1)65(48-22-7-2-8-23-48)57-29-16-15-28-53(57)64-58(65)30-17-31-60(64)66(49-24-9-3-10-25-49)51-34-35-52-56-40-46(33-37-62(56)68-63(52)42-51)45-32-36-59-54(39-45)55-38-43-18-13-14-19-44(43)41-61(55)67(59)50-26-11-4-12-27-50/h1-42H. The van der Waals surface area contributed by atoms with E-state index in [2.05, 4.69) is 264 Å². The zero-order chi connectivity index (χ0) is 44.8. The largest absolute Gasteiger partial charge is 0.310 e. The predicted molar refractivity (Wildman–Crippen MR) is 289 cm³/mol. The van der Waals surface area contributed by atoms with Crippen LogP contribution in [0.3, 0.4) is 0 Å². The SMILES string of the molecule is c1ccc(N(c2ccc3c(c2)sc2ccc(-c4ccc5c(c4)c4cc6ccccc6cc4n5-c4ccccc4)cc23)c2cccc3c2-c2ccccc2C3(c2ccccc2)c2ccccc2)cc1. The molecule has 0 bridgehead atoms. The van der Waals surface area contributed by atoms with Crippen LogP contribution >= 0.6 is 11.3 Å². The van der Waals surface area contributed by atoms with Crippen molar-refractivity contribution in [1.29, 1.82) is 0 Å². The van der Waals surface area contributed by atoms with Gasteiger partial charge in [-0.25, -0.2) is 0 Å².